The van der Waals surface area contributed by atoms with Gasteiger partial charge in [-0.15, -0.1) is 0 Å². The van der Waals surface area contributed by atoms with Gasteiger partial charge >= 0.3 is 0 Å². The second kappa shape index (κ2) is 4.62. The van der Waals surface area contributed by atoms with Gasteiger partial charge in [-0.2, -0.15) is 0 Å². The molecule has 2 aromatic rings. The van der Waals surface area contributed by atoms with Gasteiger partial charge in [0, 0.05) is 18.0 Å². The molecule has 0 bridgehead atoms. The molecule has 5 heteroatoms. The monoisotopic (exact) mass is 243 g/mol. The Morgan fingerprint density at radius 1 is 1.17 bits per heavy atom. The van der Waals surface area contributed by atoms with Crippen molar-refractivity contribution in [2.24, 2.45) is 5.73 Å². The van der Waals surface area contributed by atoms with Crippen molar-refractivity contribution >= 4 is 0 Å². The summed E-state index contributed by atoms with van der Waals surface area (Å²) >= 11 is 0. The van der Waals surface area contributed by atoms with Crippen LogP contribution in [-0.4, -0.2) is 22.7 Å². The maximum absolute atomic E-state index is 6.14. The molecule has 0 saturated heterocycles. The molecule has 0 spiro atoms. The summed E-state index contributed by atoms with van der Waals surface area (Å²) in [5.41, 5.74) is 6.98. The number of hydrogen-bond acceptors (Lipinski definition) is 5. The van der Waals surface area contributed by atoms with E-state index in [1.54, 1.807) is 12.4 Å². The van der Waals surface area contributed by atoms with Gasteiger partial charge in [0.2, 0.25) is 0 Å². The van der Waals surface area contributed by atoms with E-state index in [0.717, 1.165) is 17.1 Å². The van der Waals surface area contributed by atoms with Crippen LogP contribution in [0.15, 0.2) is 43.0 Å². The number of benzene rings is 1. The molecule has 3 rings (SSSR count). The van der Waals surface area contributed by atoms with E-state index in [0.29, 0.717) is 6.61 Å². The van der Waals surface area contributed by atoms with Gasteiger partial charge in [0.05, 0.1) is 6.04 Å². The highest BCUT2D eigenvalue weighted by atomic mass is 16.6. The molecule has 2 heterocycles. The predicted octanol–water partition coefficient (Wildman–Crippen LogP) is 1.32. The molecule has 0 fully saturated rings. The van der Waals surface area contributed by atoms with E-state index in [-0.39, 0.29) is 12.1 Å². The zero-order valence-electron chi connectivity index (χ0n) is 9.69. The predicted molar refractivity (Wildman–Crippen MR) is 65.3 cm³/mol. The normalized spacial score (nSPS) is 19.3. The molecule has 0 aliphatic carbocycles. The maximum atomic E-state index is 6.14. The second-order valence-electron chi connectivity index (χ2n) is 4.11. The Morgan fingerprint density at radius 2 is 1.89 bits per heavy atom. The van der Waals surface area contributed by atoms with E-state index >= 15 is 0 Å². The minimum Gasteiger partial charge on any atom is -0.486 e. The Kier molecular flexibility index (Phi) is 2.82. The van der Waals surface area contributed by atoms with Gasteiger partial charge in [-0.05, 0) is 12.1 Å². The molecule has 18 heavy (non-hydrogen) atoms. The third-order valence-corrected chi connectivity index (χ3v) is 2.90. The largest absolute Gasteiger partial charge is 0.486 e. The SMILES string of the molecule is NC(c1cncnc1)C1COc2ccccc2O1. The van der Waals surface area contributed by atoms with Crippen molar-refractivity contribution in [1.29, 1.82) is 0 Å². The van der Waals surface area contributed by atoms with Crippen LogP contribution >= 0.6 is 0 Å². The van der Waals surface area contributed by atoms with Crippen molar-refractivity contribution in [1.82, 2.24) is 9.97 Å². The van der Waals surface area contributed by atoms with Crippen LogP contribution in [-0.2, 0) is 0 Å². The molecular formula is C13H13N3O2. The van der Waals surface area contributed by atoms with Crippen LogP contribution in [0.5, 0.6) is 11.5 Å². The first-order valence-corrected chi connectivity index (χ1v) is 5.73. The molecule has 2 atom stereocenters. The first-order chi connectivity index (χ1) is 8.84. The number of aromatic nitrogens is 2. The van der Waals surface area contributed by atoms with Gasteiger partial charge in [-0.25, -0.2) is 9.97 Å². The Labute approximate surface area is 105 Å². The van der Waals surface area contributed by atoms with Crippen molar-refractivity contribution in [3.63, 3.8) is 0 Å². The van der Waals surface area contributed by atoms with Gasteiger partial charge in [-0.3, -0.25) is 0 Å². The fourth-order valence-electron chi connectivity index (χ4n) is 1.91. The standard InChI is InChI=1S/C13H13N3O2/c14-13(9-5-15-8-16-6-9)12-7-17-10-3-1-2-4-11(10)18-12/h1-6,8,12-13H,7,14H2. The molecule has 5 nitrogen and oxygen atoms in total. The first-order valence-electron chi connectivity index (χ1n) is 5.73. The summed E-state index contributed by atoms with van der Waals surface area (Å²) < 4.78 is 11.5. The molecule has 2 unspecified atom stereocenters. The quantitative estimate of drug-likeness (QED) is 0.861. The molecule has 0 radical (unpaired) electrons. The van der Waals surface area contributed by atoms with Crippen LogP contribution in [0.25, 0.3) is 0 Å². The summed E-state index contributed by atoms with van der Waals surface area (Å²) in [6.07, 6.45) is 4.64. The minimum absolute atomic E-state index is 0.231. The summed E-state index contributed by atoms with van der Waals surface area (Å²) in [5.74, 6) is 1.48. The van der Waals surface area contributed by atoms with Gasteiger partial charge in [-0.1, -0.05) is 12.1 Å². The smallest absolute Gasteiger partial charge is 0.161 e. The Balaban J connectivity index is 1.80. The number of nitrogens with zero attached hydrogens (tertiary/aromatic N) is 2. The van der Waals surface area contributed by atoms with E-state index in [2.05, 4.69) is 9.97 Å². The number of para-hydroxylation sites is 2. The highest BCUT2D eigenvalue weighted by molar-refractivity contribution is 5.41. The van der Waals surface area contributed by atoms with Crippen molar-refractivity contribution in [3.05, 3.63) is 48.5 Å². The van der Waals surface area contributed by atoms with E-state index in [1.165, 1.54) is 6.33 Å². The summed E-state index contributed by atoms with van der Waals surface area (Å²) in [7, 11) is 0. The first kappa shape index (κ1) is 11.0. The number of ether oxygens (including phenoxy) is 2. The van der Waals surface area contributed by atoms with Crippen molar-refractivity contribution in [2.45, 2.75) is 12.1 Å². The van der Waals surface area contributed by atoms with Gasteiger partial charge in [0.1, 0.15) is 12.9 Å². The van der Waals surface area contributed by atoms with Crippen LogP contribution in [0.1, 0.15) is 11.6 Å². The summed E-state index contributed by atoms with van der Waals surface area (Å²) in [5, 5.41) is 0. The summed E-state index contributed by atoms with van der Waals surface area (Å²) in [4.78, 5) is 7.91. The van der Waals surface area contributed by atoms with Crippen LogP contribution in [0.2, 0.25) is 0 Å². The topological polar surface area (TPSA) is 70.3 Å². The lowest BCUT2D eigenvalue weighted by Crippen LogP contribution is -2.39. The Hall–Kier alpha value is -2.14. The van der Waals surface area contributed by atoms with Gasteiger partial charge in [0.15, 0.2) is 17.6 Å². The number of rotatable bonds is 2. The summed E-state index contributed by atoms with van der Waals surface area (Å²) in [6, 6.07) is 7.26. The molecule has 0 saturated carbocycles. The van der Waals surface area contributed by atoms with Crippen molar-refractivity contribution < 1.29 is 9.47 Å². The van der Waals surface area contributed by atoms with Crippen molar-refractivity contribution in [2.75, 3.05) is 6.61 Å². The number of fused-ring (bicyclic) bond motifs is 1. The Morgan fingerprint density at radius 3 is 2.67 bits per heavy atom. The molecule has 92 valence electrons. The van der Waals surface area contributed by atoms with Crippen LogP contribution in [0.4, 0.5) is 0 Å². The van der Waals surface area contributed by atoms with Crippen molar-refractivity contribution in [3.8, 4) is 11.5 Å². The molecule has 1 aliphatic rings. The maximum Gasteiger partial charge on any atom is 0.161 e. The fourth-order valence-corrected chi connectivity index (χ4v) is 1.91. The van der Waals surface area contributed by atoms with E-state index < -0.39 is 0 Å². The zero-order valence-corrected chi connectivity index (χ0v) is 9.69. The molecule has 1 aromatic carbocycles. The Bertz CT molecular complexity index is 533. The summed E-state index contributed by atoms with van der Waals surface area (Å²) in [6.45, 7) is 0.424. The van der Waals surface area contributed by atoms with E-state index in [1.807, 2.05) is 24.3 Å². The highest BCUT2D eigenvalue weighted by Gasteiger charge is 2.27. The van der Waals surface area contributed by atoms with E-state index in [4.69, 9.17) is 15.2 Å². The van der Waals surface area contributed by atoms with Crippen LogP contribution in [0, 0.1) is 0 Å². The van der Waals surface area contributed by atoms with Gasteiger partial charge < -0.3 is 15.2 Å². The second-order valence-corrected chi connectivity index (χ2v) is 4.11. The van der Waals surface area contributed by atoms with Crippen LogP contribution < -0.4 is 15.2 Å². The zero-order chi connectivity index (χ0) is 12.4. The lowest BCUT2D eigenvalue weighted by Gasteiger charge is -2.30. The number of hydrogen-bond donors (Lipinski definition) is 1. The van der Waals surface area contributed by atoms with E-state index in [9.17, 15) is 0 Å². The third-order valence-electron chi connectivity index (χ3n) is 2.90. The lowest BCUT2D eigenvalue weighted by molar-refractivity contribution is 0.0719. The molecule has 1 aliphatic heterocycles. The molecule has 0 amide bonds. The highest BCUT2D eigenvalue weighted by Crippen LogP contribution is 2.33. The minimum atomic E-state index is -0.306. The average Bonchev–Trinajstić information content (AvgIpc) is 2.47. The number of nitrogens with two attached hydrogens (primary N) is 1. The molecular weight excluding hydrogens is 230 g/mol. The van der Waals surface area contributed by atoms with Gasteiger partial charge in [0.25, 0.3) is 0 Å². The molecule has 1 aromatic heterocycles. The third kappa shape index (κ3) is 2.00. The van der Waals surface area contributed by atoms with Crippen LogP contribution in [0.3, 0.4) is 0 Å². The fraction of sp³-hybridized carbons (Fsp3) is 0.231. The average molecular weight is 243 g/mol. The lowest BCUT2D eigenvalue weighted by atomic mass is 10.1. The molecule has 2 N–H and O–H groups in total.